The minimum atomic E-state index is -0.835. The zero-order chi connectivity index (χ0) is 59.9. The Morgan fingerprint density at radius 3 is 0.771 bits per heavy atom. The van der Waals surface area contributed by atoms with Gasteiger partial charge < -0.3 is 14.2 Å². The van der Waals surface area contributed by atoms with Crippen LogP contribution < -0.4 is 0 Å². The fraction of sp³-hybridized carbons (Fsp3) is 0.571. The highest BCUT2D eigenvalue weighted by atomic mass is 16.6. The van der Waals surface area contributed by atoms with E-state index in [0.29, 0.717) is 19.3 Å². The van der Waals surface area contributed by atoms with Crippen molar-refractivity contribution in [1.29, 1.82) is 0 Å². The summed E-state index contributed by atoms with van der Waals surface area (Å²) in [5, 5.41) is 0. The topological polar surface area (TPSA) is 78.9 Å². The molecule has 0 saturated heterocycles. The van der Waals surface area contributed by atoms with Crippen molar-refractivity contribution in [3.8, 4) is 0 Å². The third kappa shape index (κ3) is 67.2. The summed E-state index contributed by atoms with van der Waals surface area (Å²) in [5.74, 6) is -1.03. The van der Waals surface area contributed by atoms with E-state index >= 15 is 0 Å². The predicted octanol–water partition coefficient (Wildman–Crippen LogP) is 23.2. The van der Waals surface area contributed by atoms with Crippen LogP contribution in [0.4, 0.5) is 0 Å². The number of hydrogen-bond acceptors (Lipinski definition) is 6. The van der Waals surface area contributed by atoms with Gasteiger partial charge in [-0.25, -0.2) is 0 Å². The van der Waals surface area contributed by atoms with Crippen molar-refractivity contribution in [3.63, 3.8) is 0 Å². The van der Waals surface area contributed by atoms with Gasteiger partial charge >= 0.3 is 17.9 Å². The average molecular weight is 1140 g/mol. The highest BCUT2D eigenvalue weighted by Gasteiger charge is 2.19. The summed E-state index contributed by atoms with van der Waals surface area (Å²) in [6, 6.07) is 0. The van der Waals surface area contributed by atoms with Crippen LogP contribution in [0, 0.1) is 0 Å². The first-order valence-corrected chi connectivity index (χ1v) is 33.3. The molecular weight excluding hydrogens is 1020 g/mol. The van der Waals surface area contributed by atoms with E-state index < -0.39 is 6.10 Å². The molecule has 0 aliphatic heterocycles. The van der Waals surface area contributed by atoms with E-state index in [0.717, 1.165) is 135 Å². The average Bonchev–Trinajstić information content (AvgIpc) is 3.49. The molecule has 0 rings (SSSR count). The zero-order valence-electron chi connectivity index (χ0n) is 53.1. The molecule has 0 aliphatic rings. The second-order valence-corrected chi connectivity index (χ2v) is 21.3. The monoisotopic (exact) mass is 1140 g/mol. The number of rotatable bonds is 58. The molecule has 464 valence electrons. The van der Waals surface area contributed by atoms with Crippen molar-refractivity contribution >= 4 is 17.9 Å². The molecule has 1 unspecified atom stereocenters. The van der Waals surface area contributed by atoms with E-state index in [-0.39, 0.29) is 44.0 Å². The summed E-state index contributed by atoms with van der Waals surface area (Å²) in [4.78, 5) is 38.3. The van der Waals surface area contributed by atoms with Crippen LogP contribution in [0.5, 0.6) is 0 Å². The van der Waals surface area contributed by atoms with E-state index in [1.807, 2.05) is 0 Å². The fourth-order valence-electron chi connectivity index (χ4n) is 8.51. The first-order chi connectivity index (χ1) is 41.0. The normalized spacial score (nSPS) is 13.3. The van der Waals surface area contributed by atoms with E-state index in [9.17, 15) is 14.4 Å². The van der Waals surface area contributed by atoms with Gasteiger partial charge in [0.15, 0.2) is 6.10 Å². The largest absolute Gasteiger partial charge is 0.462 e. The lowest BCUT2D eigenvalue weighted by atomic mass is 10.0. The van der Waals surface area contributed by atoms with Gasteiger partial charge in [-0.3, -0.25) is 14.4 Å². The molecule has 6 nitrogen and oxygen atoms in total. The third-order valence-corrected chi connectivity index (χ3v) is 13.4. The maximum atomic E-state index is 12.9. The number of esters is 3. The summed E-state index contributed by atoms with van der Waals surface area (Å²) in [6.45, 7) is 6.33. The van der Waals surface area contributed by atoms with Crippen LogP contribution in [0.25, 0.3) is 0 Å². The SMILES string of the molecule is CC/C=C\C/C=C\C/C=C\C/C=C\C/C=C\C/C=C\C/C=C\C/C=C\C/C=C\C/C=C\CCCCC(=O)OCC(COC(=O)CCCCCCCCCCCCCCCCC)OC(=O)CCC/C=C\C/C=C\C/C=C\C/C=C\C/C=C\CC. The Labute approximate surface area is 510 Å². The van der Waals surface area contributed by atoms with Crippen molar-refractivity contribution in [1.82, 2.24) is 0 Å². The zero-order valence-corrected chi connectivity index (χ0v) is 53.1. The van der Waals surface area contributed by atoms with Crippen molar-refractivity contribution in [2.24, 2.45) is 0 Å². The molecular formula is C77H120O6. The van der Waals surface area contributed by atoms with Crippen LogP contribution in [0.1, 0.15) is 265 Å². The number of hydrogen-bond donors (Lipinski definition) is 0. The molecule has 0 amide bonds. The molecule has 0 N–H and O–H groups in total. The predicted molar refractivity (Wildman–Crippen MR) is 361 cm³/mol. The number of allylic oxidation sites excluding steroid dienone is 30. The first kappa shape index (κ1) is 77.5. The Bertz CT molecular complexity index is 1940. The highest BCUT2D eigenvalue weighted by Crippen LogP contribution is 2.15. The van der Waals surface area contributed by atoms with Gasteiger partial charge in [-0.15, -0.1) is 0 Å². The number of ether oxygens (including phenoxy) is 3. The van der Waals surface area contributed by atoms with Crippen LogP contribution >= 0.6 is 0 Å². The van der Waals surface area contributed by atoms with Crippen molar-refractivity contribution < 1.29 is 28.6 Å². The van der Waals surface area contributed by atoms with Crippen LogP contribution in [-0.4, -0.2) is 37.2 Å². The van der Waals surface area contributed by atoms with Gasteiger partial charge in [0, 0.05) is 19.3 Å². The molecule has 0 spiro atoms. The molecule has 0 fully saturated rings. The minimum Gasteiger partial charge on any atom is -0.462 e. The summed E-state index contributed by atoms with van der Waals surface area (Å²) < 4.78 is 16.8. The molecule has 1 atom stereocenters. The lowest BCUT2D eigenvalue weighted by Crippen LogP contribution is -2.30. The van der Waals surface area contributed by atoms with E-state index in [2.05, 4.69) is 203 Å². The Kier molecular flexibility index (Phi) is 64.4. The number of unbranched alkanes of at least 4 members (excludes halogenated alkanes) is 17. The third-order valence-electron chi connectivity index (χ3n) is 13.4. The van der Waals surface area contributed by atoms with Gasteiger partial charge in [-0.05, 0) is 135 Å². The molecule has 0 saturated carbocycles. The molecule has 0 heterocycles. The molecule has 0 radical (unpaired) electrons. The Hall–Kier alpha value is -5.49. The fourth-order valence-corrected chi connectivity index (χ4v) is 8.51. The maximum absolute atomic E-state index is 12.9. The van der Waals surface area contributed by atoms with Gasteiger partial charge in [0.25, 0.3) is 0 Å². The van der Waals surface area contributed by atoms with Gasteiger partial charge in [-0.2, -0.15) is 0 Å². The van der Waals surface area contributed by atoms with Crippen molar-refractivity contribution in [2.45, 2.75) is 271 Å². The molecule has 83 heavy (non-hydrogen) atoms. The first-order valence-electron chi connectivity index (χ1n) is 33.3. The smallest absolute Gasteiger partial charge is 0.306 e. The van der Waals surface area contributed by atoms with Gasteiger partial charge in [0.05, 0.1) is 0 Å². The second-order valence-electron chi connectivity index (χ2n) is 21.3. The van der Waals surface area contributed by atoms with Gasteiger partial charge in [0.1, 0.15) is 13.2 Å². The Balaban J connectivity index is 4.48. The second kappa shape index (κ2) is 69.0. The number of carbonyl (C=O) groups excluding carboxylic acids is 3. The summed E-state index contributed by atoms with van der Waals surface area (Å²) in [6.07, 6.45) is 103. The maximum Gasteiger partial charge on any atom is 0.306 e. The molecule has 0 bridgehead atoms. The van der Waals surface area contributed by atoms with Crippen LogP contribution in [0.3, 0.4) is 0 Å². The lowest BCUT2D eigenvalue weighted by Gasteiger charge is -2.18. The quantitative estimate of drug-likeness (QED) is 0.0261. The van der Waals surface area contributed by atoms with E-state index in [1.165, 1.54) is 77.0 Å². The highest BCUT2D eigenvalue weighted by molar-refractivity contribution is 5.71. The standard InChI is InChI=1S/C77H120O6/c1-4-7-10-13-16-19-22-25-28-30-31-32-33-34-35-36-37-38-39-40-41-42-43-44-45-47-49-52-55-58-61-64-67-70-76(79)82-73-74(72-81-75(78)69-66-63-60-57-54-51-48-27-24-21-18-15-12-9-6-3)83-77(80)71-68-65-62-59-56-53-50-46-29-26-23-20-17-14-11-8-5-2/h7-8,10-11,16-17,19-20,25-26,28-29,31-32,34-35,37-38,40-41,43-44,47,49-50,53,55,58-59,62,74H,4-6,9,12-15,18,21-24,27,30,33,36,39,42,45-46,48,51-52,54,56-57,60-61,63-73H2,1-3H3/b10-7-,11-8-,19-16-,20-17-,28-25-,29-26-,32-31-,35-34-,38-37-,41-40-,44-43-,49-47-,53-50-,58-55-,62-59-. The minimum absolute atomic E-state index is 0.120. The summed E-state index contributed by atoms with van der Waals surface area (Å²) >= 11 is 0. The molecule has 0 aromatic rings. The van der Waals surface area contributed by atoms with Crippen molar-refractivity contribution in [2.75, 3.05) is 13.2 Å². The van der Waals surface area contributed by atoms with Crippen LogP contribution in [0.15, 0.2) is 182 Å². The molecule has 6 heteroatoms. The van der Waals surface area contributed by atoms with Crippen molar-refractivity contribution in [3.05, 3.63) is 182 Å². The Morgan fingerprint density at radius 1 is 0.253 bits per heavy atom. The van der Waals surface area contributed by atoms with Gasteiger partial charge in [0.2, 0.25) is 0 Å². The van der Waals surface area contributed by atoms with Crippen LogP contribution in [-0.2, 0) is 28.6 Å². The van der Waals surface area contributed by atoms with E-state index in [4.69, 9.17) is 14.2 Å². The van der Waals surface area contributed by atoms with Crippen LogP contribution in [0.2, 0.25) is 0 Å². The van der Waals surface area contributed by atoms with E-state index in [1.54, 1.807) is 0 Å². The van der Waals surface area contributed by atoms with Gasteiger partial charge in [-0.1, -0.05) is 293 Å². The molecule has 0 aliphatic carbocycles. The molecule has 0 aromatic heterocycles. The molecule has 0 aromatic carbocycles. The Morgan fingerprint density at radius 2 is 0.482 bits per heavy atom. The number of carbonyl (C=O) groups is 3. The summed E-state index contributed by atoms with van der Waals surface area (Å²) in [5.41, 5.74) is 0. The summed E-state index contributed by atoms with van der Waals surface area (Å²) in [7, 11) is 0. The lowest BCUT2D eigenvalue weighted by molar-refractivity contribution is -0.167.